The highest BCUT2D eigenvalue weighted by atomic mass is 16.5. The van der Waals surface area contributed by atoms with E-state index in [9.17, 15) is 4.79 Å². The van der Waals surface area contributed by atoms with E-state index < -0.39 is 0 Å². The largest absolute Gasteiger partial charge is 0.375 e. The molecule has 3 heterocycles. The van der Waals surface area contributed by atoms with E-state index in [0.717, 1.165) is 63.1 Å². The van der Waals surface area contributed by atoms with Gasteiger partial charge in [-0.1, -0.05) is 12.1 Å². The lowest BCUT2D eigenvalue weighted by atomic mass is 9.92. The van der Waals surface area contributed by atoms with Crippen LogP contribution in [0.2, 0.25) is 0 Å². The molecule has 1 unspecified atom stereocenters. The zero-order chi connectivity index (χ0) is 17.1. The van der Waals surface area contributed by atoms with Crippen molar-refractivity contribution in [3.05, 3.63) is 36.2 Å². The number of nitrogens with zero attached hydrogens (tertiary/aromatic N) is 5. The summed E-state index contributed by atoms with van der Waals surface area (Å²) in [6.45, 7) is 2.52. The van der Waals surface area contributed by atoms with Gasteiger partial charge in [-0.05, 0) is 60.2 Å². The molecular formula is C18H23N5O2. The molecule has 2 aliphatic rings. The van der Waals surface area contributed by atoms with Crippen molar-refractivity contribution in [1.29, 1.82) is 0 Å². The maximum Gasteiger partial charge on any atom is 0.226 e. The molecule has 2 fully saturated rings. The SMILES string of the molecule is O=C(Cc1ccc(-n2cnnn2)cc1)N1CCCC2(CCCO2)CC1. The first kappa shape index (κ1) is 16.2. The highest BCUT2D eigenvalue weighted by Gasteiger charge is 2.37. The van der Waals surface area contributed by atoms with Crippen LogP contribution < -0.4 is 0 Å². The van der Waals surface area contributed by atoms with Crippen molar-refractivity contribution >= 4 is 5.91 Å². The number of likely N-dealkylation sites (tertiary alicyclic amines) is 1. The molecule has 1 spiro atoms. The van der Waals surface area contributed by atoms with Gasteiger partial charge in [0.15, 0.2) is 0 Å². The van der Waals surface area contributed by atoms with Crippen molar-refractivity contribution < 1.29 is 9.53 Å². The molecule has 4 rings (SSSR count). The van der Waals surface area contributed by atoms with Crippen molar-refractivity contribution in [3.8, 4) is 5.69 Å². The molecule has 25 heavy (non-hydrogen) atoms. The first-order valence-corrected chi connectivity index (χ1v) is 8.98. The summed E-state index contributed by atoms with van der Waals surface area (Å²) in [6.07, 6.45) is 7.37. The summed E-state index contributed by atoms with van der Waals surface area (Å²) in [4.78, 5) is 14.7. The number of amides is 1. The number of ether oxygens (including phenoxy) is 1. The third kappa shape index (κ3) is 3.56. The van der Waals surface area contributed by atoms with Crippen LogP contribution in [0, 0.1) is 0 Å². The number of hydrogen-bond acceptors (Lipinski definition) is 5. The molecule has 0 radical (unpaired) electrons. The van der Waals surface area contributed by atoms with E-state index in [1.165, 1.54) is 0 Å². The van der Waals surface area contributed by atoms with Gasteiger partial charge in [0.25, 0.3) is 0 Å². The monoisotopic (exact) mass is 341 g/mol. The molecule has 1 atom stereocenters. The summed E-state index contributed by atoms with van der Waals surface area (Å²) in [5.41, 5.74) is 1.94. The second-order valence-electron chi connectivity index (χ2n) is 6.97. The van der Waals surface area contributed by atoms with Crippen LogP contribution in [0.15, 0.2) is 30.6 Å². The molecular weight excluding hydrogens is 318 g/mol. The molecule has 1 aromatic heterocycles. The van der Waals surface area contributed by atoms with Crippen molar-refractivity contribution in [1.82, 2.24) is 25.1 Å². The predicted molar refractivity (Wildman–Crippen MR) is 91.2 cm³/mol. The van der Waals surface area contributed by atoms with Crippen LogP contribution in [0.5, 0.6) is 0 Å². The highest BCUT2D eigenvalue weighted by molar-refractivity contribution is 5.78. The Morgan fingerprint density at radius 1 is 1.12 bits per heavy atom. The van der Waals surface area contributed by atoms with E-state index in [4.69, 9.17) is 4.74 Å². The van der Waals surface area contributed by atoms with Gasteiger partial charge in [0.1, 0.15) is 6.33 Å². The normalized spacial score (nSPS) is 23.8. The van der Waals surface area contributed by atoms with Crippen LogP contribution in [-0.4, -0.2) is 56.3 Å². The first-order chi connectivity index (χ1) is 12.2. The standard InChI is InChI=1S/C18H23N5O2/c24-17(22-10-1-7-18(9-11-22)8-2-12-25-18)13-15-3-5-16(6-4-15)23-14-19-20-21-23/h3-6,14H,1-2,7-13H2. The van der Waals surface area contributed by atoms with E-state index in [1.54, 1.807) is 11.0 Å². The zero-order valence-electron chi connectivity index (χ0n) is 14.3. The minimum Gasteiger partial charge on any atom is -0.375 e. The van der Waals surface area contributed by atoms with Gasteiger partial charge in [-0.2, -0.15) is 0 Å². The number of carbonyl (C=O) groups excluding carboxylic acids is 1. The van der Waals surface area contributed by atoms with E-state index >= 15 is 0 Å². The Morgan fingerprint density at radius 3 is 2.68 bits per heavy atom. The fourth-order valence-corrected chi connectivity index (χ4v) is 3.90. The third-order valence-corrected chi connectivity index (χ3v) is 5.34. The number of aromatic nitrogens is 4. The molecule has 0 aliphatic carbocycles. The van der Waals surface area contributed by atoms with E-state index in [2.05, 4.69) is 15.5 Å². The summed E-state index contributed by atoms with van der Waals surface area (Å²) in [7, 11) is 0. The average molecular weight is 341 g/mol. The van der Waals surface area contributed by atoms with Crippen LogP contribution in [0.4, 0.5) is 0 Å². The second kappa shape index (κ2) is 6.92. The number of hydrogen-bond donors (Lipinski definition) is 0. The molecule has 0 saturated carbocycles. The average Bonchev–Trinajstić information content (AvgIpc) is 3.26. The molecule has 2 aromatic rings. The molecule has 2 aliphatic heterocycles. The third-order valence-electron chi connectivity index (χ3n) is 5.34. The van der Waals surface area contributed by atoms with Crippen LogP contribution in [0.25, 0.3) is 5.69 Å². The maximum absolute atomic E-state index is 12.7. The molecule has 1 aromatic carbocycles. The van der Waals surface area contributed by atoms with Gasteiger partial charge >= 0.3 is 0 Å². The van der Waals surface area contributed by atoms with Gasteiger partial charge in [0.05, 0.1) is 17.7 Å². The Bertz CT molecular complexity index is 708. The van der Waals surface area contributed by atoms with Gasteiger partial charge in [-0.25, -0.2) is 4.68 Å². The number of benzene rings is 1. The number of rotatable bonds is 3. The topological polar surface area (TPSA) is 73.1 Å². The summed E-state index contributed by atoms with van der Waals surface area (Å²) in [6, 6.07) is 7.80. The minimum atomic E-state index is 0.0442. The summed E-state index contributed by atoms with van der Waals surface area (Å²) >= 11 is 0. The van der Waals surface area contributed by atoms with Crippen LogP contribution >= 0.6 is 0 Å². The van der Waals surface area contributed by atoms with Gasteiger partial charge in [0.2, 0.25) is 5.91 Å². The second-order valence-corrected chi connectivity index (χ2v) is 6.97. The smallest absolute Gasteiger partial charge is 0.226 e. The molecule has 2 saturated heterocycles. The quantitative estimate of drug-likeness (QED) is 0.851. The number of tetrazole rings is 1. The van der Waals surface area contributed by atoms with E-state index in [1.807, 2.05) is 29.2 Å². The Morgan fingerprint density at radius 2 is 1.96 bits per heavy atom. The van der Waals surface area contributed by atoms with Crippen molar-refractivity contribution in [2.75, 3.05) is 19.7 Å². The molecule has 0 N–H and O–H groups in total. The summed E-state index contributed by atoms with van der Waals surface area (Å²) < 4.78 is 7.60. The molecule has 1 amide bonds. The summed E-state index contributed by atoms with van der Waals surface area (Å²) in [5, 5.41) is 11.1. The fourth-order valence-electron chi connectivity index (χ4n) is 3.90. The van der Waals surface area contributed by atoms with Gasteiger partial charge < -0.3 is 9.64 Å². The molecule has 0 bridgehead atoms. The fraction of sp³-hybridized carbons (Fsp3) is 0.556. The minimum absolute atomic E-state index is 0.0442. The Balaban J connectivity index is 1.36. The van der Waals surface area contributed by atoms with Crippen molar-refractivity contribution in [3.63, 3.8) is 0 Å². The van der Waals surface area contributed by atoms with Crippen molar-refractivity contribution in [2.24, 2.45) is 0 Å². The zero-order valence-corrected chi connectivity index (χ0v) is 14.3. The van der Waals surface area contributed by atoms with Crippen LogP contribution in [0.1, 0.15) is 37.7 Å². The Hall–Kier alpha value is -2.28. The van der Waals surface area contributed by atoms with Gasteiger partial charge in [-0.3, -0.25) is 4.79 Å². The van der Waals surface area contributed by atoms with Crippen LogP contribution in [-0.2, 0) is 16.0 Å². The molecule has 132 valence electrons. The van der Waals surface area contributed by atoms with Crippen LogP contribution in [0.3, 0.4) is 0 Å². The van der Waals surface area contributed by atoms with Crippen molar-refractivity contribution in [2.45, 2.75) is 44.1 Å². The van der Waals surface area contributed by atoms with Gasteiger partial charge in [-0.15, -0.1) is 5.10 Å². The van der Waals surface area contributed by atoms with E-state index in [-0.39, 0.29) is 11.5 Å². The lowest BCUT2D eigenvalue weighted by Crippen LogP contribution is -2.35. The van der Waals surface area contributed by atoms with E-state index in [0.29, 0.717) is 6.42 Å². The predicted octanol–water partition coefficient (Wildman–Crippen LogP) is 1.77. The Labute approximate surface area is 147 Å². The highest BCUT2D eigenvalue weighted by Crippen LogP contribution is 2.35. The number of carbonyl (C=O) groups is 1. The lowest BCUT2D eigenvalue weighted by Gasteiger charge is -2.27. The summed E-state index contributed by atoms with van der Waals surface area (Å²) in [5.74, 6) is 0.199. The maximum atomic E-state index is 12.7. The first-order valence-electron chi connectivity index (χ1n) is 8.98. The lowest BCUT2D eigenvalue weighted by molar-refractivity contribution is -0.130. The Kier molecular flexibility index (Phi) is 4.48. The molecule has 7 nitrogen and oxygen atoms in total. The van der Waals surface area contributed by atoms with Gasteiger partial charge in [0, 0.05) is 19.7 Å². The molecule has 7 heteroatoms.